The summed E-state index contributed by atoms with van der Waals surface area (Å²) in [6.07, 6.45) is 0. The zero-order valence-electron chi connectivity index (χ0n) is 12.0. The molecular formula is C15H15N3O2S. The Morgan fingerprint density at radius 2 is 2.14 bits per heavy atom. The Bertz CT molecular complexity index is 800. The number of anilines is 1. The molecule has 0 aliphatic carbocycles. The van der Waals surface area contributed by atoms with Gasteiger partial charge in [0, 0.05) is 15.8 Å². The summed E-state index contributed by atoms with van der Waals surface area (Å²) in [5, 5.41) is 4.37. The maximum Gasteiger partial charge on any atom is 0.273 e. The van der Waals surface area contributed by atoms with Crippen LogP contribution in [0.3, 0.4) is 0 Å². The number of hydrogen-bond donors (Lipinski definition) is 2. The number of aromatic nitrogens is 2. The van der Waals surface area contributed by atoms with Crippen LogP contribution in [0.15, 0.2) is 24.3 Å². The molecule has 0 bridgehead atoms. The molecule has 1 aromatic carbocycles. The van der Waals surface area contributed by atoms with Crippen LogP contribution in [0.5, 0.6) is 5.75 Å². The second-order valence-corrected chi connectivity index (χ2v) is 5.95. The lowest BCUT2D eigenvalue weighted by molar-refractivity contribution is 0.102. The van der Waals surface area contributed by atoms with Gasteiger partial charge in [0.25, 0.3) is 5.91 Å². The van der Waals surface area contributed by atoms with E-state index in [-0.39, 0.29) is 5.91 Å². The van der Waals surface area contributed by atoms with Gasteiger partial charge >= 0.3 is 0 Å². The van der Waals surface area contributed by atoms with Crippen LogP contribution in [-0.4, -0.2) is 23.0 Å². The quantitative estimate of drug-likeness (QED) is 0.778. The lowest BCUT2D eigenvalue weighted by Crippen LogP contribution is -2.11. The van der Waals surface area contributed by atoms with E-state index in [9.17, 15) is 4.79 Å². The Morgan fingerprint density at radius 1 is 1.33 bits per heavy atom. The van der Waals surface area contributed by atoms with Crippen LogP contribution in [0.25, 0.3) is 10.9 Å². The molecule has 2 aromatic heterocycles. The summed E-state index contributed by atoms with van der Waals surface area (Å²) in [6, 6.07) is 7.44. The zero-order valence-corrected chi connectivity index (χ0v) is 12.8. The number of amides is 1. The molecule has 0 unspecified atom stereocenters. The average Bonchev–Trinajstić information content (AvgIpc) is 3.02. The molecule has 1 amide bonds. The fourth-order valence-electron chi connectivity index (χ4n) is 2.05. The van der Waals surface area contributed by atoms with Crippen LogP contribution in [0.4, 0.5) is 5.13 Å². The normalized spacial score (nSPS) is 10.8. The van der Waals surface area contributed by atoms with Gasteiger partial charge in [-0.15, -0.1) is 11.3 Å². The molecule has 2 N–H and O–H groups in total. The van der Waals surface area contributed by atoms with Crippen molar-refractivity contribution < 1.29 is 9.53 Å². The van der Waals surface area contributed by atoms with Crippen LogP contribution in [0, 0.1) is 13.8 Å². The van der Waals surface area contributed by atoms with Gasteiger partial charge in [-0.3, -0.25) is 10.1 Å². The van der Waals surface area contributed by atoms with E-state index < -0.39 is 0 Å². The van der Waals surface area contributed by atoms with Gasteiger partial charge in [-0.05, 0) is 38.1 Å². The molecule has 108 valence electrons. The number of carbonyl (C=O) groups is 1. The average molecular weight is 301 g/mol. The van der Waals surface area contributed by atoms with E-state index in [1.807, 2.05) is 32.0 Å². The number of aryl methyl sites for hydroxylation is 2. The molecule has 0 atom stereocenters. The number of aromatic amines is 1. The SMILES string of the molecule is COc1ccc2[nH]c(C(=O)Nc3nc(C)c(C)s3)cc2c1. The van der Waals surface area contributed by atoms with Crippen molar-refractivity contribution >= 4 is 33.3 Å². The Balaban J connectivity index is 1.87. The monoisotopic (exact) mass is 301 g/mol. The molecule has 3 rings (SSSR count). The van der Waals surface area contributed by atoms with Gasteiger partial charge in [0.2, 0.25) is 0 Å². The summed E-state index contributed by atoms with van der Waals surface area (Å²) < 4.78 is 5.18. The first-order valence-electron chi connectivity index (χ1n) is 6.49. The van der Waals surface area contributed by atoms with E-state index in [0.29, 0.717) is 10.8 Å². The summed E-state index contributed by atoms with van der Waals surface area (Å²) >= 11 is 1.47. The highest BCUT2D eigenvalue weighted by molar-refractivity contribution is 7.15. The molecule has 21 heavy (non-hydrogen) atoms. The van der Waals surface area contributed by atoms with Gasteiger partial charge in [0.15, 0.2) is 5.13 Å². The molecule has 6 heteroatoms. The van der Waals surface area contributed by atoms with Gasteiger partial charge in [0.05, 0.1) is 12.8 Å². The highest BCUT2D eigenvalue weighted by Gasteiger charge is 2.13. The van der Waals surface area contributed by atoms with E-state index >= 15 is 0 Å². The fourth-order valence-corrected chi connectivity index (χ4v) is 2.86. The van der Waals surface area contributed by atoms with Crippen molar-refractivity contribution in [1.82, 2.24) is 9.97 Å². The summed E-state index contributed by atoms with van der Waals surface area (Å²) in [4.78, 5) is 20.8. The third-order valence-electron chi connectivity index (χ3n) is 3.32. The summed E-state index contributed by atoms with van der Waals surface area (Å²) in [6.45, 7) is 3.91. The Hall–Kier alpha value is -2.34. The van der Waals surface area contributed by atoms with Crippen molar-refractivity contribution in [2.75, 3.05) is 12.4 Å². The van der Waals surface area contributed by atoms with E-state index in [1.165, 1.54) is 11.3 Å². The second-order valence-electron chi connectivity index (χ2n) is 4.75. The first kappa shape index (κ1) is 13.6. The number of nitrogens with one attached hydrogen (secondary N) is 2. The van der Waals surface area contributed by atoms with Crippen molar-refractivity contribution in [1.29, 1.82) is 0 Å². The minimum atomic E-state index is -0.195. The van der Waals surface area contributed by atoms with Gasteiger partial charge in [0.1, 0.15) is 11.4 Å². The topological polar surface area (TPSA) is 67.0 Å². The number of H-pyrrole nitrogens is 1. The first-order valence-corrected chi connectivity index (χ1v) is 7.30. The van der Waals surface area contributed by atoms with Crippen molar-refractivity contribution in [3.05, 3.63) is 40.5 Å². The maximum atomic E-state index is 12.3. The molecule has 2 heterocycles. The van der Waals surface area contributed by atoms with Crippen molar-refractivity contribution in [2.24, 2.45) is 0 Å². The van der Waals surface area contributed by atoms with Crippen molar-refractivity contribution in [3.63, 3.8) is 0 Å². The summed E-state index contributed by atoms with van der Waals surface area (Å²) in [5.74, 6) is 0.568. The Labute approximate surface area is 126 Å². The van der Waals surface area contributed by atoms with Gasteiger partial charge < -0.3 is 9.72 Å². The van der Waals surface area contributed by atoms with Crippen molar-refractivity contribution in [2.45, 2.75) is 13.8 Å². The number of thiazole rings is 1. The number of nitrogens with zero attached hydrogens (tertiary/aromatic N) is 1. The minimum Gasteiger partial charge on any atom is -0.497 e. The number of carbonyl (C=O) groups excluding carboxylic acids is 1. The molecule has 0 aliphatic heterocycles. The molecule has 0 fully saturated rings. The largest absolute Gasteiger partial charge is 0.497 e. The second kappa shape index (κ2) is 5.21. The summed E-state index contributed by atoms with van der Waals surface area (Å²) in [7, 11) is 1.62. The Morgan fingerprint density at radius 3 is 2.81 bits per heavy atom. The number of methoxy groups -OCH3 is 1. The van der Waals surface area contributed by atoms with E-state index in [1.54, 1.807) is 13.2 Å². The molecule has 0 saturated heterocycles. The zero-order chi connectivity index (χ0) is 15.0. The van der Waals surface area contributed by atoms with Crippen LogP contribution in [-0.2, 0) is 0 Å². The molecular weight excluding hydrogens is 286 g/mol. The van der Waals surface area contributed by atoms with Crippen LogP contribution >= 0.6 is 11.3 Å². The highest BCUT2D eigenvalue weighted by Crippen LogP contribution is 2.24. The van der Waals surface area contributed by atoms with Crippen LogP contribution in [0.2, 0.25) is 0 Å². The summed E-state index contributed by atoms with van der Waals surface area (Å²) in [5.41, 5.74) is 2.34. The predicted octanol–water partition coefficient (Wildman–Crippen LogP) is 3.50. The number of ether oxygens (including phenoxy) is 1. The number of fused-ring (bicyclic) bond motifs is 1. The molecule has 0 radical (unpaired) electrons. The highest BCUT2D eigenvalue weighted by atomic mass is 32.1. The van der Waals surface area contributed by atoms with E-state index in [4.69, 9.17) is 4.74 Å². The lowest BCUT2D eigenvalue weighted by atomic mass is 10.2. The van der Waals surface area contributed by atoms with Gasteiger partial charge in [-0.25, -0.2) is 4.98 Å². The maximum absolute atomic E-state index is 12.3. The standard InChI is InChI=1S/C15H15N3O2S/c1-8-9(2)21-15(16-8)18-14(19)13-7-10-6-11(20-3)4-5-12(10)17-13/h4-7,17H,1-3H3,(H,16,18,19). The molecule has 0 saturated carbocycles. The molecule has 0 aliphatic rings. The van der Waals surface area contributed by atoms with Gasteiger partial charge in [-0.2, -0.15) is 0 Å². The van der Waals surface area contributed by atoms with Crippen LogP contribution < -0.4 is 10.1 Å². The van der Waals surface area contributed by atoms with Crippen LogP contribution in [0.1, 0.15) is 21.1 Å². The number of rotatable bonds is 3. The third-order valence-corrected chi connectivity index (χ3v) is 4.31. The fraction of sp³-hybridized carbons (Fsp3) is 0.200. The van der Waals surface area contributed by atoms with Crippen molar-refractivity contribution in [3.8, 4) is 5.75 Å². The minimum absolute atomic E-state index is 0.195. The molecule has 3 aromatic rings. The molecule has 5 nitrogen and oxygen atoms in total. The number of benzene rings is 1. The first-order chi connectivity index (χ1) is 10.1. The Kier molecular flexibility index (Phi) is 3.39. The third kappa shape index (κ3) is 2.62. The van der Waals surface area contributed by atoms with E-state index in [0.717, 1.165) is 27.2 Å². The van der Waals surface area contributed by atoms with Gasteiger partial charge in [-0.1, -0.05) is 0 Å². The molecule has 0 spiro atoms. The lowest BCUT2D eigenvalue weighted by Gasteiger charge is -1.98. The van der Waals surface area contributed by atoms with E-state index in [2.05, 4.69) is 15.3 Å². The smallest absolute Gasteiger partial charge is 0.273 e. The predicted molar refractivity (Wildman–Crippen MR) is 84.4 cm³/mol. The number of hydrogen-bond acceptors (Lipinski definition) is 4.